The highest BCUT2D eigenvalue weighted by Gasteiger charge is 2.64. The highest BCUT2D eigenvalue weighted by molar-refractivity contribution is 7.91. The van der Waals surface area contributed by atoms with Gasteiger partial charge in [0.1, 0.15) is 46.5 Å². The summed E-state index contributed by atoms with van der Waals surface area (Å²) in [5.41, 5.74) is -2.49. The van der Waals surface area contributed by atoms with E-state index in [1.165, 1.54) is 18.2 Å². The maximum absolute atomic E-state index is 14.7. The monoisotopic (exact) mass is 785 g/mol. The third kappa shape index (κ3) is 8.38. The third-order valence-corrected chi connectivity index (χ3v) is 13.3. The first-order chi connectivity index (χ1) is 25.9. The van der Waals surface area contributed by atoms with E-state index < -0.39 is 80.5 Å². The molecule has 2 aliphatic heterocycles. The zero-order chi connectivity index (χ0) is 39.9. The maximum Gasteiger partial charge on any atom is 0.408 e. The molecule has 2 saturated carbocycles. The summed E-state index contributed by atoms with van der Waals surface area (Å²) in [6.07, 6.45) is 5.89. The van der Waals surface area contributed by atoms with Crippen molar-refractivity contribution in [1.29, 1.82) is 0 Å². The van der Waals surface area contributed by atoms with Gasteiger partial charge in [-0.3, -0.25) is 19.1 Å². The summed E-state index contributed by atoms with van der Waals surface area (Å²) < 4.78 is 58.0. The SMILES string of the molecule is COc1cnc(O[C@@H]2C[C@H]3C(=O)N[C@]4(C(=O)NS(=O)(=O)C5(CF)CC5)CC4/C=C\CC[C@H](C)C[C@@H](C)[C@H](NC(=O)OC(C)(C)C)C(=O)N3C2)c2ccccc12. The van der Waals surface area contributed by atoms with E-state index in [1.54, 1.807) is 26.8 Å². The van der Waals surface area contributed by atoms with Crippen molar-refractivity contribution in [3.8, 4) is 11.6 Å². The lowest BCUT2D eigenvalue weighted by atomic mass is 9.88. The molecule has 4 amide bonds. The molecule has 6 rings (SSSR count). The Labute approximate surface area is 321 Å². The van der Waals surface area contributed by atoms with Crippen molar-refractivity contribution < 1.29 is 46.2 Å². The number of carbonyl (C=O) groups excluding carboxylic acids is 4. The fraction of sp³-hybridized carbons (Fsp3) is 0.615. The zero-order valence-electron chi connectivity index (χ0n) is 32.2. The van der Waals surface area contributed by atoms with Crippen molar-refractivity contribution in [2.45, 2.75) is 114 Å². The number of hydrogen-bond donors (Lipinski definition) is 3. The number of pyridine rings is 1. The van der Waals surface area contributed by atoms with E-state index in [1.807, 2.05) is 37.3 Å². The van der Waals surface area contributed by atoms with E-state index >= 15 is 0 Å². The van der Waals surface area contributed by atoms with Gasteiger partial charge in [0.2, 0.25) is 27.7 Å². The molecule has 300 valence electrons. The molecule has 2 aliphatic carbocycles. The minimum absolute atomic E-state index is 0.00891. The van der Waals surface area contributed by atoms with Gasteiger partial charge in [0, 0.05) is 23.1 Å². The molecule has 1 unspecified atom stereocenters. The number of ether oxygens (including phenoxy) is 3. The fourth-order valence-corrected chi connectivity index (χ4v) is 9.17. The largest absolute Gasteiger partial charge is 0.494 e. The van der Waals surface area contributed by atoms with Crippen LogP contribution in [0.4, 0.5) is 9.18 Å². The number of methoxy groups -OCH3 is 1. The first-order valence-corrected chi connectivity index (χ1v) is 20.4. The van der Waals surface area contributed by atoms with Gasteiger partial charge >= 0.3 is 6.09 Å². The molecule has 0 spiro atoms. The van der Waals surface area contributed by atoms with Crippen LogP contribution in [0, 0.1) is 17.8 Å². The van der Waals surface area contributed by atoms with Crippen molar-refractivity contribution in [2.24, 2.45) is 17.8 Å². The van der Waals surface area contributed by atoms with Crippen LogP contribution in [0.2, 0.25) is 0 Å². The van der Waals surface area contributed by atoms with E-state index in [4.69, 9.17) is 14.2 Å². The second-order valence-electron chi connectivity index (χ2n) is 16.6. The number of sulfonamides is 1. The Morgan fingerprint density at radius 1 is 1.11 bits per heavy atom. The summed E-state index contributed by atoms with van der Waals surface area (Å²) in [5, 5.41) is 7.01. The third-order valence-electron chi connectivity index (χ3n) is 11.2. The number of alkyl halides is 1. The topological polar surface area (TPSA) is 182 Å². The Morgan fingerprint density at radius 2 is 1.82 bits per heavy atom. The molecule has 14 nitrogen and oxygen atoms in total. The number of amides is 4. The summed E-state index contributed by atoms with van der Waals surface area (Å²) in [7, 11) is -2.85. The summed E-state index contributed by atoms with van der Waals surface area (Å²) >= 11 is 0. The van der Waals surface area contributed by atoms with E-state index in [-0.39, 0.29) is 49.9 Å². The molecule has 0 radical (unpaired) electrons. The first-order valence-electron chi connectivity index (χ1n) is 18.9. The molecule has 7 atom stereocenters. The van der Waals surface area contributed by atoms with Gasteiger partial charge in [-0.1, -0.05) is 44.2 Å². The minimum atomic E-state index is -4.38. The highest BCUT2D eigenvalue weighted by Crippen LogP contribution is 2.48. The number of aromatic nitrogens is 1. The molecule has 16 heteroatoms. The molecule has 2 aromatic rings. The van der Waals surface area contributed by atoms with Crippen LogP contribution in [-0.4, -0.2) is 96.5 Å². The zero-order valence-corrected chi connectivity index (χ0v) is 33.0. The van der Waals surface area contributed by atoms with E-state index in [9.17, 15) is 32.0 Å². The number of nitrogens with one attached hydrogen (secondary N) is 3. The predicted octanol–water partition coefficient (Wildman–Crippen LogP) is 4.32. The number of nitrogens with zero attached hydrogens (tertiary/aromatic N) is 2. The Hall–Kier alpha value is -4.47. The number of rotatable bonds is 8. The first kappa shape index (κ1) is 40.2. The van der Waals surface area contributed by atoms with Gasteiger partial charge in [-0.15, -0.1) is 0 Å². The van der Waals surface area contributed by atoms with Crippen LogP contribution >= 0.6 is 0 Å². The lowest BCUT2D eigenvalue weighted by Gasteiger charge is -2.33. The Kier molecular flexibility index (Phi) is 11.1. The van der Waals surface area contributed by atoms with Crippen LogP contribution in [0.15, 0.2) is 42.6 Å². The molecular weight excluding hydrogens is 734 g/mol. The van der Waals surface area contributed by atoms with Crippen LogP contribution < -0.4 is 24.8 Å². The fourth-order valence-electron chi connectivity index (χ4n) is 7.74. The highest BCUT2D eigenvalue weighted by atomic mass is 32.2. The normalized spacial score (nSPS) is 30.1. The van der Waals surface area contributed by atoms with Gasteiger partial charge in [0.15, 0.2) is 0 Å². The molecule has 1 aromatic heterocycles. The number of fused-ring (bicyclic) bond motifs is 3. The van der Waals surface area contributed by atoms with Gasteiger partial charge in [-0.25, -0.2) is 22.6 Å². The molecule has 55 heavy (non-hydrogen) atoms. The number of hydrogen-bond acceptors (Lipinski definition) is 10. The van der Waals surface area contributed by atoms with Crippen LogP contribution in [0.3, 0.4) is 0 Å². The summed E-state index contributed by atoms with van der Waals surface area (Å²) in [4.78, 5) is 62.1. The number of halogens is 1. The van der Waals surface area contributed by atoms with Crippen LogP contribution in [-0.2, 0) is 29.1 Å². The molecule has 0 bridgehead atoms. The van der Waals surface area contributed by atoms with Crippen molar-refractivity contribution in [2.75, 3.05) is 20.3 Å². The van der Waals surface area contributed by atoms with Crippen LogP contribution in [0.5, 0.6) is 11.6 Å². The molecule has 4 aliphatic rings. The smallest absolute Gasteiger partial charge is 0.408 e. The quantitative estimate of drug-likeness (QED) is 0.326. The molecule has 3 N–H and O–H groups in total. The Morgan fingerprint density at radius 3 is 2.47 bits per heavy atom. The van der Waals surface area contributed by atoms with Gasteiger partial charge in [-0.05, 0) is 77.2 Å². The van der Waals surface area contributed by atoms with Gasteiger partial charge < -0.3 is 29.7 Å². The molecule has 1 saturated heterocycles. The van der Waals surface area contributed by atoms with Gasteiger partial charge in [0.25, 0.3) is 5.91 Å². The standard InChI is InChI=1S/C39H52FN5O9S/c1-23-11-7-8-12-25-19-39(25,35(48)44-55(50,51)38(22-40)15-16-38)43-32(46)29-18-26(53-33-28-14-10-9-13-27(28)30(52-6)20-41-33)21-45(29)34(47)31(24(2)17-23)42-36(49)54-37(3,4)5/h8-10,12-14,20,23-26,29,31H,7,11,15-19,21-22H2,1-6H3,(H,42,49)(H,43,46)(H,44,48)/b12-8-/t23-,24+,25?,26+,29-,31-,39+/m0/s1. The van der Waals surface area contributed by atoms with E-state index in [0.29, 0.717) is 24.0 Å². The average Bonchev–Trinajstić information content (AvgIpc) is 4.02. The Balaban J connectivity index is 1.35. The number of allylic oxidation sites excluding steroid dienone is 1. The molecular formula is C39H52FN5O9S. The second kappa shape index (κ2) is 15.2. The van der Waals surface area contributed by atoms with Crippen LogP contribution in [0.1, 0.15) is 79.6 Å². The number of benzene rings is 1. The van der Waals surface area contributed by atoms with Crippen molar-refractivity contribution in [3.63, 3.8) is 0 Å². The molecule has 1 aromatic carbocycles. The van der Waals surface area contributed by atoms with Crippen molar-refractivity contribution in [1.82, 2.24) is 25.2 Å². The maximum atomic E-state index is 14.7. The summed E-state index contributed by atoms with van der Waals surface area (Å²) in [6, 6.07) is 5.08. The van der Waals surface area contributed by atoms with Crippen LogP contribution in [0.25, 0.3) is 10.8 Å². The predicted molar refractivity (Wildman–Crippen MR) is 201 cm³/mol. The summed E-state index contributed by atoms with van der Waals surface area (Å²) in [5.74, 6) is -2.19. The number of carbonyl (C=O) groups is 4. The molecule has 3 heterocycles. The minimum Gasteiger partial charge on any atom is -0.494 e. The lowest BCUT2D eigenvalue weighted by Crippen LogP contribution is -2.59. The van der Waals surface area contributed by atoms with Crippen molar-refractivity contribution in [3.05, 3.63) is 42.6 Å². The lowest BCUT2D eigenvalue weighted by molar-refractivity contribution is -0.142. The van der Waals surface area contributed by atoms with Gasteiger partial charge in [-0.2, -0.15) is 0 Å². The summed E-state index contributed by atoms with van der Waals surface area (Å²) in [6.45, 7) is 7.87. The Bertz CT molecular complexity index is 1970. The van der Waals surface area contributed by atoms with Crippen molar-refractivity contribution >= 4 is 44.6 Å². The average molecular weight is 786 g/mol. The second-order valence-corrected chi connectivity index (χ2v) is 18.7. The van der Waals surface area contributed by atoms with E-state index in [2.05, 4.69) is 27.3 Å². The van der Waals surface area contributed by atoms with Gasteiger partial charge in [0.05, 0.1) is 19.9 Å². The van der Waals surface area contributed by atoms with E-state index in [0.717, 1.165) is 11.8 Å². The number of alkyl carbamates (subject to hydrolysis) is 1. The molecule has 3 fully saturated rings.